The molecule has 0 bridgehead atoms. The van der Waals surface area contributed by atoms with Crippen molar-refractivity contribution in [2.75, 3.05) is 124 Å². The molecule has 2 aliphatic heterocycles. The second-order valence-corrected chi connectivity index (χ2v) is 22.2. The first-order valence-electron chi connectivity index (χ1n) is 23.8. The molecule has 0 saturated carbocycles. The third-order valence-corrected chi connectivity index (χ3v) is 15.5. The van der Waals surface area contributed by atoms with Gasteiger partial charge in [-0.05, 0) is 87.9 Å². The van der Waals surface area contributed by atoms with E-state index in [4.69, 9.17) is 37.3 Å². The highest BCUT2D eigenvalue weighted by Gasteiger charge is 2.48. The number of nitrogens with zero attached hydrogens (tertiary/aromatic N) is 2. The molecule has 3 N–H and O–H groups in total. The number of carboxylic acids is 1. The van der Waals surface area contributed by atoms with Gasteiger partial charge in [0.2, 0.25) is 5.69 Å². The summed E-state index contributed by atoms with van der Waals surface area (Å²) >= 11 is 0. The molecule has 0 aromatic heterocycles. The number of unbranched alkanes of at least 4 members (excludes halogenated alkanes) is 2. The minimum atomic E-state index is -4.61. The van der Waals surface area contributed by atoms with Gasteiger partial charge < -0.3 is 43.2 Å². The molecule has 404 valence electrons. The predicted octanol–water partition coefficient (Wildman–Crippen LogP) is 5.48. The summed E-state index contributed by atoms with van der Waals surface area (Å²) in [4.78, 5) is 12.7. The van der Waals surface area contributed by atoms with Crippen LogP contribution in [0.2, 0.25) is 0 Å². The summed E-state index contributed by atoms with van der Waals surface area (Å²) in [7, 11) is -8.70. The lowest BCUT2D eigenvalue weighted by atomic mass is 9.76. The van der Waals surface area contributed by atoms with Crippen LogP contribution in [-0.4, -0.2) is 175 Å². The number of ether oxygens (including phenoxy) is 7. The Kier molecular flexibility index (Phi) is 24.6. The summed E-state index contributed by atoms with van der Waals surface area (Å²) in [5.74, 6) is -1.19. The van der Waals surface area contributed by atoms with Gasteiger partial charge in [-0.25, -0.2) is 0 Å². The van der Waals surface area contributed by atoms with Crippen LogP contribution in [0.1, 0.15) is 69.9 Å². The van der Waals surface area contributed by atoms with Crippen LogP contribution in [-0.2, 0) is 83.3 Å². The van der Waals surface area contributed by atoms with Gasteiger partial charge in [-0.1, -0.05) is 18.2 Å². The lowest BCUT2D eigenvalue weighted by molar-refractivity contribution is -0.438. The Bertz CT molecular complexity index is 2550. The summed E-state index contributed by atoms with van der Waals surface area (Å²) in [5, 5.41) is 9.21. The van der Waals surface area contributed by atoms with Gasteiger partial charge in [0.05, 0.1) is 101 Å². The van der Waals surface area contributed by atoms with E-state index in [0.717, 1.165) is 24.2 Å². The van der Waals surface area contributed by atoms with E-state index in [1.807, 2.05) is 47.6 Å². The van der Waals surface area contributed by atoms with Crippen LogP contribution >= 0.6 is 0 Å². The van der Waals surface area contributed by atoms with Crippen LogP contribution in [0.15, 0.2) is 82.3 Å². The number of fused-ring (bicyclic) bond motifs is 2. The lowest BCUT2D eigenvalue weighted by Crippen LogP contribution is -2.32. The number of hydrogen-bond acceptors (Lipinski definition) is 16. The van der Waals surface area contributed by atoms with Gasteiger partial charge in [-0.2, -0.15) is 29.8 Å². The van der Waals surface area contributed by atoms with Crippen molar-refractivity contribution in [2.45, 2.75) is 79.4 Å². The third kappa shape index (κ3) is 17.9. The molecule has 72 heavy (non-hydrogen) atoms. The predicted molar refractivity (Wildman–Crippen MR) is 269 cm³/mol. The normalized spacial score (nSPS) is 18.9. The molecule has 0 aliphatic carbocycles. The highest BCUT2D eigenvalue weighted by molar-refractivity contribution is 7.86. The maximum absolute atomic E-state index is 12.4. The fourth-order valence-corrected chi connectivity index (χ4v) is 10.4. The van der Waals surface area contributed by atoms with Crippen LogP contribution in [0, 0.1) is 0 Å². The first-order chi connectivity index (χ1) is 34.2. The molecule has 23 heteroatoms. The van der Waals surface area contributed by atoms with Gasteiger partial charge in [0.15, 0.2) is 5.71 Å². The monoisotopic (exact) mass is 1070 g/mol. The van der Waals surface area contributed by atoms with Gasteiger partial charge in [0.1, 0.15) is 6.54 Å². The molecule has 0 saturated heterocycles. The van der Waals surface area contributed by atoms with Crippen LogP contribution in [0.25, 0.3) is 0 Å². The number of hydrogen-bond donors (Lipinski definition) is 3. The lowest BCUT2D eigenvalue weighted by Gasteiger charge is -2.30. The van der Waals surface area contributed by atoms with E-state index in [-0.39, 0.29) is 48.0 Å². The van der Waals surface area contributed by atoms with E-state index < -0.39 is 47.2 Å². The second-order valence-electron chi connectivity index (χ2n) is 17.5. The number of carboxylic acid groups (broad SMARTS) is 1. The fraction of sp³-hybridized carbons (Fsp3) is 0.592. The highest BCUT2D eigenvalue weighted by atomic mass is 32.2. The largest absolute Gasteiger partial charge is 0.481 e. The molecule has 2 aromatic rings. The Hall–Kier alpha value is -3.95. The number of carbonyl (C=O) groups is 1. The van der Waals surface area contributed by atoms with Crippen molar-refractivity contribution >= 4 is 53.4 Å². The molecule has 4 rings (SSSR count). The molecule has 20 nitrogen and oxygen atoms in total. The average Bonchev–Trinajstić information content (AvgIpc) is 3.70. The molecular formula is C49H73N2O18S3+. The Morgan fingerprint density at radius 3 is 1.75 bits per heavy atom. The molecule has 2 aromatic carbocycles. The molecule has 2 unspecified atom stereocenters. The van der Waals surface area contributed by atoms with Gasteiger partial charge >= 0.3 is 5.97 Å². The minimum absolute atomic E-state index is 0.00978. The fourth-order valence-electron chi connectivity index (χ4n) is 8.74. The van der Waals surface area contributed by atoms with E-state index >= 15 is 0 Å². The Morgan fingerprint density at radius 1 is 0.639 bits per heavy atom. The highest BCUT2D eigenvalue weighted by Crippen LogP contribution is 2.51. The molecule has 2 heterocycles. The van der Waals surface area contributed by atoms with Gasteiger partial charge in [-0.15, -0.1) is 0 Å². The van der Waals surface area contributed by atoms with Gasteiger partial charge in [0.25, 0.3) is 30.4 Å². The zero-order chi connectivity index (χ0) is 52.8. The van der Waals surface area contributed by atoms with E-state index in [0.29, 0.717) is 122 Å². The first kappa shape index (κ1) is 60.6. The van der Waals surface area contributed by atoms with E-state index in [1.165, 1.54) is 24.3 Å². The Labute approximate surface area is 425 Å². The van der Waals surface area contributed by atoms with E-state index in [1.54, 1.807) is 32.4 Å². The molecule has 0 spiro atoms. The second kappa shape index (κ2) is 29.2. The number of methoxy groups -OCH3 is 2. The van der Waals surface area contributed by atoms with Crippen molar-refractivity contribution in [1.29, 1.82) is 0 Å². The summed E-state index contributed by atoms with van der Waals surface area (Å²) in [5.41, 5.74) is 2.38. The number of anilines is 1. The SMILES string of the molecule is COCCOCCOCCOCCOCCOCCC1(C)\C(=C/C=C/C=C/C2=[N+](CCCCCC(=O)O)c3ccc(S(=O)(=O)O)cc3C2(C)CCCS(=O)(=O)OC)N(CCOC)c2ccc(S(=O)(=O)O)cc21. The molecule has 2 atom stereocenters. The van der Waals surface area contributed by atoms with Crippen molar-refractivity contribution in [3.05, 3.63) is 83.6 Å². The maximum Gasteiger partial charge on any atom is 0.303 e. The van der Waals surface area contributed by atoms with Crippen molar-refractivity contribution in [3.8, 4) is 0 Å². The zero-order valence-corrected chi connectivity index (χ0v) is 44.4. The third-order valence-electron chi connectivity index (χ3n) is 12.5. The molecular weight excluding hydrogens is 1000 g/mol. The summed E-state index contributed by atoms with van der Waals surface area (Å²) < 4.78 is 140. The van der Waals surface area contributed by atoms with Gasteiger partial charge in [0, 0.05) is 74.7 Å². The standard InChI is InChI=1S/C49H72N2O18S3/c1-48(20-12-36-70(54,55)64-5)41-37-39(71(56,57)58)16-18-43(41)50(22-11-7-10-15-47(52)53)45(48)13-8-6-9-14-46-49(2,42-38-40(72(59,60)61)17-19-44(42)51(46)23-25-62-3)21-24-65-28-29-67-32-33-69-35-34-68-31-30-66-27-26-63-4/h6,8-9,13-14,16-19,37-38H,7,10-12,15,20-36H2,1-5H3,(H2-,52,53,56,57,58,59,60,61)/p+1. The van der Waals surface area contributed by atoms with Crippen LogP contribution in [0.3, 0.4) is 0 Å². The molecule has 2 aliphatic rings. The summed E-state index contributed by atoms with van der Waals surface area (Å²) in [6.45, 7) is 9.49. The van der Waals surface area contributed by atoms with Gasteiger partial charge in [-0.3, -0.25) is 18.1 Å². The smallest absolute Gasteiger partial charge is 0.303 e. The van der Waals surface area contributed by atoms with Crippen molar-refractivity contribution in [1.82, 2.24) is 0 Å². The maximum atomic E-state index is 12.4. The van der Waals surface area contributed by atoms with Crippen molar-refractivity contribution in [2.24, 2.45) is 0 Å². The number of aliphatic carboxylic acids is 1. The van der Waals surface area contributed by atoms with Crippen LogP contribution < -0.4 is 4.90 Å². The minimum Gasteiger partial charge on any atom is -0.481 e. The Balaban J connectivity index is 1.59. The van der Waals surface area contributed by atoms with Crippen molar-refractivity contribution in [3.63, 3.8) is 0 Å². The topological polar surface area (TPSA) is 260 Å². The summed E-state index contributed by atoms with van der Waals surface area (Å²) in [6, 6.07) is 8.83. The molecule has 0 radical (unpaired) electrons. The zero-order valence-electron chi connectivity index (χ0n) is 42.0. The summed E-state index contributed by atoms with van der Waals surface area (Å²) in [6.07, 6.45) is 11.7. The number of benzene rings is 2. The number of rotatable bonds is 37. The molecule has 0 amide bonds. The van der Waals surface area contributed by atoms with E-state index in [9.17, 15) is 44.3 Å². The quantitative estimate of drug-likeness (QED) is 0.0249. The molecule has 0 fully saturated rings. The van der Waals surface area contributed by atoms with Crippen LogP contribution in [0.4, 0.5) is 11.4 Å². The average molecular weight is 1070 g/mol. The first-order valence-corrected chi connectivity index (χ1v) is 28.3. The van der Waals surface area contributed by atoms with Crippen LogP contribution in [0.5, 0.6) is 0 Å². The van der Waals surface area contributed by atoms with E-state index in [2.05, 4.69) is 0 Å². The van der Waals surface area contributed by atoms with Crippen molar-refractivity contribution < 1.29 is 86.2 Å². The Morgan fingerprint density at radius 2 is 1.19 bits per heavy atom. The number of allylic oxidation sites excluding steroid dienone is 6.